The number of hydrogen-bond acceptors (Lipinski definition) is 23. The second-order valence-corrected chi connectivity index (χ2v) is 25.7. The van der Waals surface area contributed by atoms with Crippen LogP contribution in [0.2, 0.25) is 0 Å². The Morgan fingerprint density at radius 3 is 2.02 bits per heavy atom. The van der Waals surface area contributed by atoms with Crippen LogP contribution in [-0.4, -0.2) is 151 Å². The molecule has 9 heterocycles. The molecule has 0 spiro atoms. The van der Waals surface area contributed by atoms with Crippen molar-refractivity contribution in [2.24, 2.45) is 0 Å². The van der Waals surface area contributed by atoms with Gasteiger partial charge in [0.15, 0.2) is 47.7 Å². The van der Waals surface area contributed by atoms with Gasteiger partial charge >= 0.3 is 6.80 Å². The summed E-state index contributed by atoms with van der Waals surface area (Å²) < 4.78 is 121. The lowest BCUT2D eigenvalue weighted by atomic mass is 9.95. The molecule has 3 saturated heterocycles. The highest BCUT2D eigenvalue weighted by Gasteiger charge is 2.55. The molecule has 0 bridgehead atoms. The van der Waals surface area contributed by atoms with E-state index in [1.54, 1.807) is 24.3 Å². The second kappa shape index (κ2) is 24.0. The predicted octanol–water partition coefficient (Wildman–Crippen LogP) is 6.20. The lowest BCUT2D eigenvalue weighted by Crippen LogP contribution is -2.37. The normalized spacial score (nSPS) is 26.2. The molecule has 4 N–H and O–H groups in total. The minimum Gasteiger partial charge on any atom is -0.491 e. The molecule has 3 fully saturated rings. The number of benzene rings is 3. The van der Waals surface area contributed by atoms with E-state index < -0.39 is 76.7 Å². The molecule has 4 aliphatic rings. The van der Waals surface area contributed by atoms with Crippen molar-refractivity contribution < 1.29 is 64.5 Å². The number of anilines is 3. The van der Waals surface area contributed by atoms with Crippen LogP contribution in [0.3, 0.4) is 0 Å². The standard InChI is InChI=1S/C51H55BF2N14O12P2S/c1-2-37(69)65-21-30-7-3-4-8-32(30)43-40(33-9-5-6-10-34(33)65)63-64-68(43)15-16-72-17-18-73-19-20-74-31-13-11-29(12-14-31)24-83-82(71)76-23-36-44(38(53)50(78-36)66-27-61-41-46(55)57-25-59-48(41)66)79-81(52,70)75-22-35-45(80-82)39(54)51(77-35)67-28-62-42-47(56)58-26-60-49(42)67/h3-14,25-28,35-36,38-39,44-45,50-51H,2,15-24,52H2,1H3,(H2,55,57,59)(H2,56,58,60)/t35-,36-,38-,39-,44-,45-,50-,51-,81+,82+/m1/s1. The van der Waals surface area contributed by atoms with Gasteiger partial charge in [-0.2, -0.15) is 0 Å². The van der Waals surface area contributed by atoms with Gasteiger partial charge in [-0.1, -0.05) is 66.7 Å². The summed E-state index contributed by atoms with van der Waals surface area (Å²) in [5.41, 5.74) is 18.4. The molecule has 5 aromatic heterocycles. The first-order valence-corrected chi connectivity index (χ1v) is 31.6. The maximum atomic E-state index is 17.0. The SMILES string of the molecule is B[P@]1(=O)OC[C@H]2O[C@@H](n3cnc4c(N)ncnc43)[C@H](F)[C@@H]2O[P@@](=O)(SCc2ccc(OCCOCCOCCn3nnc4c3-c3ccccc3CN(C(=O)CC)c3ccccc3-4)cc2)OC[C@H]2O[C@@H](n3cnc4c(N)ncnc43)[C@H](F)[C@@H]2O1. The van der Waals surface area contributed by atoms with Crippen molar-refractivity contribution in [3.05, 3.63) is 109 Å². The number of nitrogens with two attached hydrogens (primary N) is 2. The van der Waals surface area contributed by atoms with Crippen LogP contribution < -0.4 is 21.1 Å². The third-order valence-corrected chi connectivity index (χ3v) is 19.2. The Kier molecular flexibility index (Phi) is 16.4. The van der Waals surface area contributed by atoms with Crippen LogP contribution in [0, 0.1) is 0 Å². The fraction of sp³-hybridized carbons (Fsp3) is 0.392. The summed E-state index contributed by atoms with van der Waals surface area (Å²) in [5.74, 6) is 0.657. The van der Waals surface area contributed by atoms with E-state index in [9.17, 15) is 9.36 Å². The third kappa shape index (κ3) is 11.6. The van der Waals surface area contributed by atoms with Crippen LogP contribution in [-0.2, 0) is 69.8 Å². The van der Waals surface area contributed by atoms with Crippen LogP contribution in [0.1, 0.15) is 36.9 Å². The Balaban J connectivity index is 0.671. The van der Waals surface area contributed by atoms with Crippen molar-refractivity contribution in [3.8, 4) is 28.3 Å². The summed E-state index contributed by atoms with van der Waals surface area (Å²) in [5, 5.41) is 9.13. The zero-order valence-electron chi connectivity index (χ0n) is 44.6. The minimum absolute atomic E-state index is 0.0187. The van der Waals surface area contributed by atoms with E-state index in [0.29, 0.717) is 56.3 Å². The number of halogens is 2. The van der Waals surface area contributed by atoms with E-state index in [2.05, 4.69) is 40.2 Å². The molecule has 8 aromatic rings. The summed E-state index contributed by atoms with van der Waals surface area (Å²) in [7, 11) is -3.08. The summed E-state index contributed by atoms with van der Waals surface area (Å²) in [4.78, 5) is 39.7. The highest BCUT2D eigenvalue weighted by molar-refractivity contribution is 8.54. The Hall–Kier alpha value is -6.82. The van der Waals surface area contributed by atoms with E-state index in [1.807, 2.05) is 65.0 Å². The van der Waals surface area contributed by atoms with Gasteiger partial charge in [0.1, 0.15) is 66.2 Å². The van der Waals surface area contributed by atoms with Crippen LogP contribution in [0.15, 0.2) is 98.1 Å². The number of nitrogen functional groups attached to an aromatic ring is 2. The van der Waals surface area contributed by atoms with Crippen molar-refractivity contribution >= 4 is 78.8 Å². The number of alkyl halides is 2. The quantitative estimate of drug-likeness (QED) is 0.0618. The van der Waals surface area contributed by atoms with Gasteiger partial charge in [-0.3, -0.25) is 27.5 Å². The molecule has 12 rings (SSSR count). The number of ether oxygens (including phenoxy) is 5. The number of nitrogens with zero attached hydrogens (tertiary/aromatic N) is 12. The number of imidazole rings is 2. The van der Waals surface area contributed by atoms with Gasteiger partial charge in [-0.05, 0) is 40.7 Å². The van der Waals surface area contributed by atoms with Gasteiger partial charge in [-0.15, -0.1) is 5.10 Å². The molecule has 0 saturated carbocycles. The number of fused-ring (bicyclic) bond motifs is 9. The molecule has 10 atom stereocenters. The number of aromatic nitrogens is 11. The molecule has 0 radical (unpaired) electrons. The molecular weight excluding hydrogens is 1140 g/mol. The Morgan fingerprint density at radius 1 is 0.747 bits per heavy atom. The molecule has 32 heteroatoms. The third-order valence-electron chi connectivity index (χ3n) is 14.3. The maximum Gasteiger partial charge on any atom is 0.389 e. The fourth-order valence-electron chi connectivity index (χ4n) is 10.3. The van der Waals surface area contributed by atoms with E-state index in [0.717, 1.165) is 47.0 Å². The Morgan fingerprint density at radius 2 is 1.35 bits per heavy atom. The van der Waals surface area contributed by atoms with Crippen molar-refractivity contribution in [3.63, 3.8) is 0 Å². The molecule has 434 valence electrons. The van der Waals surface area contributed by atoms with Gasteiger partial charge in [-0.25, -0.2) is 47.9 Å². The Labute approximate surface area is 477 Å². The number of para-hydroxylation sites is 1. The average molecular weight is 1200 g/mol. The summed E-state index contributed by atoms with van der Waals surface area (Å²) in [6.07, 6.45) is -7.83. The van der Waals surface area contributed by atoms with Crippen LogP contribution in [0.4, 0.5) is 26.1 Å². The molecule has 4 aliphatic heterocycles. The number of amides is 1. The number of carbonyl (C=O) groups is 1. The van der Waals surface area contributed by atoms with Crippen molar-refractivity contribution in [1.29, 1.82) is 0 Å². The van der Waals surface area contributed by atoms with Crippen LogP contribution in [0.25, 0.3) is 44.8 Å². The van der Waals surface area contributed by atoms with Gasteiger partial charge < -0.3 is 49.1 Å². The molecule has 26 nitrogen and oxygen atoms in total. The number of carbonyl (C=O) groups excluding carboxylic acids is 1. The molecule has 3 aromatic carbocycles. The zero-order chi connectivity index (χ0) is 57.4. The van der Waals surface area contributed by atoms with Crippen molar-refractivity contribution in [2.75, 3.05) is 62.6 Å². The molecule has 0 unspecified atom stereocenters. The monoisotopic (exact) mass is 1200 g/mol. The minimum atomic E-state index is -4.51. The van der Waals surface area contributed by atoms with Crippen molar-refractivity contribution in [1.82, 2.24) is 54.0 Å². The maximum absolute atomic E-state index is 17.0. The number of hydrogen-bond donors (Lipinski definition) is 2. The second-order valence-electron chi connectivity index (χ2n) is 19.6. The summed E-state index contributed by atoms with van der Waals surface area (Å²) in [6, 6.07) is 22.7. The lowest BCUT2D eigenvalue weighted by molar-refractivity contribution is -0.118. The smallest absolute Gasteiger partial charge is 0.389 e. The largest absolute Gasteiger partial charge is 0.491 e. The van der Waals surface area contributed by atoms with E-state index in [4.69, 9.17) is 53.2 Å². The first-order valence-electron chi connectivity index (χ1n) is 26.5. The molecular formula is C51H55BF2N14O12P2S. The highest BCUT2D eigenvalue weighted by atomic mass is 32.7. The van der Waals surface area contributed by atoms with Gasteiger partial charge in [0.25, 0.3) is 15.0 Å². The topological polar surface area (TPSA) is 307 Å². The number of rotatable bonds is 16. The lowest BCUT2D eigenvalue weighted by Gasteiger charge is -2.30. The van der Waals surface area contributed by atoms with Crippen molar-refractivity contribution in [2.45, 2.75) is 81.4 Å². The van der Waals surface area contributed by atoms with Gasteiger partial charge in [0, 0.05) is 23.3 Å². The zero-order valence-corrected chi connectivity index (χ0v) is 47.2. The van der Waals surface area contributed by atoms with Crippen LogP contribution >= 0.6 is 25.7 Å². The van der Waals surface area contributed by atoms with E-state index in [-0.39, 0.29) is 58.8 Å². The molecule has 1 amide bonds. The van der Waals surface area contributed by atoms with Gasteiger partial charge in [0.2, 0.25) is 5.91 Å². The van der Waals surface area contributed by atoms with E-state index >= 15 is 13.3 Å². The predicted molar refractivity (Wildman–Crippen MR) is 300 cm³/mol. The Bertz CT molecular complexity index is 3760. The average Bonchev–Trinajstić information content (AvgIpc) is 4.36. The summed E-state index contributed by atoms with van der Waals surface area (Å²) in [6.45, 7) is -1.57. The summed E-state index contributed by atoms with van der Waals surface area (Å²) >= 11 is 0.744. The molecule has 83 heavy (non-hydrogen) atoms. The highest BCUT2D eigenvalue weighted by Crippen LogP contribution is 2.65. The molecule has 0 aliphatic carbocycles. The van der Waals surface area contributed by atoms with Gasteiger partial charge in [0.05, 0.1) is 76.8 Å². The van der Waals surface area contributed by atoms with E-state index in [1.165, 1.54) is 34.4 Å². The fourth-order valence-corrected chi connectivity index (χ4v) is 14.8. The van der Waals surface area contributed by atoms with Crippen LogP contribution in [0.5, 0.6) is 5.75 Å². The first kappa shape index (κ1) is 56.7. The first-order chi connectivity index (χ1) is 40.3.